The first-order chi connectivity index (χ1) is 9.88. The summed E-state index contributed by atoms with van der Waals surface area (Å²) in [6.07, 6.45) is 2.48. The Balaban J connectivity index is 1.99. The highest BCUT2D eigenvalue weighted by Crippen LogP contribution is 2.28. The summed E-state index contributed by atoms with van der Waals surface area (Å²) in [5.74, 6) is -0.0399. The van der Waals surface area contributed by atoms with Crippen molar-refractivity contribution >= 4 is 17.6 Å². The zero-order valence-corrected chi connectivity index (χ0v) is 13.7. The summed E-state index contributed by atoms with van der Waals surface area (Å²) in [5.41, 5.74) is 1.91. The molecule has 6 heteroatoms. The van der Waals surface area contributed by atoms with Crippen LogP contribution in [0.4, 0.5) is 0 Å². The van der Waals surface area contributed by atoms with Crippen LogP contribution in [-0.2, 0) is 18.4 Å². The van der Waals surface area contributed by atoms with Crippen molar-refractivity contribution in [2.75, 3.05) is 13.1 Å². The number of aliphatic carboxylic acids is 1. The lowest BCUT2D eigenvalue weighted by atomic mass is 9.84. The van der Waals surface area contributed by atoms with Gasteiger partial charge in [-0.2, -0.15) is 5.10 Å². The molecule has 0 aromatic carbocycles. The van der Waals surface area contributed by atoms with E-state index in [2.05, 4.69) is 10.00 Å². The molecule has 1 saturated heterocycles. The summed E-state index contributed by atoms with van der Waals surface area (Å²) < 4.78 is 1.85. The van der Waals surface area contributed by atoms with E-state index >= 15 is 0 Å². The predicted molar refractivity (Wildman–Crippen MR) is 82.4 cm³/mol. The molecule has 1 fully saturated rings. The Morgan fingerprint density at radius 3 is 2.86 bits per heavy atom. The first kappa shape index (κ1) is 16.3. The monoisotopic (exact) mass is 313 g/mol. The number of rotatable bonds is 5. The number of aromatic nitrogens is 2. The molecule has 0 aliphatic carbocycles. The van der Waals surface area contributed by atoms with Crippen LogP contribution in [0, 0.1) is 18.8 Å². The Bertz CT molecular complexity index is 515. The minimum absolute atomic E-state index is 0.217. The molecule has 2 heterocycles. The van der Waals surface area contributed by atoms with Crippen molar-refractivity contribution in [2.24, 2.45) is 18.9 Å². The van der Waals surface area contributed by atoms with Crippen molar-refractivity contribution in [3.05, 3.63) is 16.4 Å². The number of carbonyl (C=O) groups is 1. The van der Waals surface area contributed by atoms with Crippen molar-refractivity contribution in [1.82, 2.24) is 14.7 Å². The Hall–Kier alpha value is -1.07. The van der Waals surface area contributed by atoms with E-state index in [1.165, 1.54) is 0 Å². The van der Waals surface area contributed by atoms with E-state index in [1.807, 2.05) is 25.6 Å². The van der Waals surface area contributed by atoms with Gasteiger partial charge in [0.1, 0.15) is 0 Å². The van der Waals surface area contributed by atoms with Crippen LogP contribution >= 0.6 is 11.6 Å². The fourth-order valence-corrected chi connectivity index (χ4v) is 3.43. The van der Waals surface area contributed by atoms with Crippen molar-refractivity contribution in [3.63, 3.8) is 0 Å². The summed E-state index contributed by atoms with van der Waals surface area (Å²) in [7, 11) is 1.92. The van der Waals surface area contributed by atoms with Crippen LogP contribution in [0.3, 0.4) is 0 Å². The molecule has 1 aliphatic rings. The fraction of sp³-hybridized carbons (Fsp3) is 0.733. The third kappa shape index (κ3) is 3.98. The van der Waals surface area contributed by atoms with E-state index in [4.69, 9.17) is 16.7 Å². The molecule has 2 atom stereocenters. The van der Waals surface area contributed by atoms with E-state index in [1.54, 1.807) is 0 Å². The maximum absolute atomic E-state index is 10.9. The van der Waals surface area contributed by atoms with E-state index in [9.17, 15) is 4.79 Å². The fourth-order valence-electron chi connectivity index (χ4n) is 3.21. The van der Waals surface area contributed by atoms with Crippen LogP contribution in [-0.4, -0.2) is 38.8 Å². The Kier molecular flexibility index (Phi) is 5.27. The van der Waals surface area contributed by atoms with Gasteiger partial charge in [0.2, 0.25) is 0 Å². The molecule has 1 N–H and O–H groups in total. The highest BCUT2D eigenvalue weighted by atomic mass is 35.5. The second kappa shape index (κ2) is 6.79. The highest BCUT2D eigenvalue weighted by Gasteiger charge is 2.27. The van der Waals surface area contributed by atoms with Gasteiger partial charge in [-0.1, -0.05) is 18.5 Å². The van der Waals surface area contributed by atoms with Crippen LogP contribution < -0.4 is 0 Å². The number of hydrogen-bond donors (Lipinski definition) is 1. The maximum Gasteiger partial charge on any atom is 0.303 e. The molecule has 0 amide bonds. The maximum atomic E-state index is 10.9. The van der Waals surface area contributed by atoms with Gasteiger partial charge in [0.15, 0.2) is 0 Å². The first-order valence-corrected chi connectivity index (χ1v) is 7.88. The predicted octanol–water partition coefficient (Wildman–Crippen LogP) is 2.70. The molecule has 0 spiro atoms. The standard InChI is InChI=1S/C15H24ClN3O2/c1-10(7-14(20)21)12-5-4-6-19(8-12)9-13-15(16)11(2)17-18(13)3/h10,12H,4-9H2,1-3H3,(H,20,21). The number of hydrogen-bond acceptors (Lipinski definition) is 3. The van der Waals surface area contributed by atoms with Gasteiger partial charge in [-0.15, -0.1) is 0 Å². The van der Waals surface area contributed by atoms with Gasteiger partial charge in [0.05, 0.1) is 16.4 Å². The zero-order valence-electron chi connectivity index (χ0n) is 13.0. The minimum Gasteiger partial charge on any atom is -0.481 e. The number of halogens is 1. The van der Waals surface area contributed by atoms with Crippen LogP contribution in [0.15, 0.2) is 0 Å². The third-order valence-electron chi connectivity index (χ3n) is 4.48. The number of piperidine rings is 1. The molecule has 1 aliphatic heterocycles. The normalized spacial score (nSPS) is 21.4. The van der Waals surface area contributed by atoms with Crippen LogP contribution in [0.2, 0.25) is 5.02 Å². The Morgan fingerprint density at radius 1 is 1.57 bits per heavy atom. The summed E-state index contributed by atoms with van der Waals surface area (Å²) in [6.45, 7) is 6.72. The summed E-state index contributed by atoms with van der Waals surface area (Å²) in [4.78, 5) is 13.2. The second-order valence-electron chi connectivity index (χ2n) is 6.18. The molecule has 5 nitrogen and oxygen atoms in total. The smallest absolute Gasteiger partial charge is 0.303 e. The van der Waals surface area contributed by atoms with Gasteiger partial charge in [0.25, 0.3) is 0 Å². The van der Waals surface area contributed by atoms with E-state index < -0.39 is 5.97 Å². The van der Waals surface area contributed by atoms with Gasteiger partial charge in [-0.3, -0.25) is 14.4 Å². The molecule has 0 radical (unpaired) electrons. The average molecular weight is 314 g/mol. The SMILES string of the molecule is Cc1nn(C)c(CN2CCCC(C(C)CC(=O)O)C2)c1Cl. The molecular formula is C15H24ClN3O2. The molecule has 2 rings (SSSR count). The minimum atomic E-state index is -0.704. The number of nitrogens with zero attached hydrogens (tertiary/aromatic N) is 3. The first-order valence-electron chi connectivity index (χ1n) is 7.50. The Morgan fingerprint density at radius 2 is 2.29 bits per heavy atom. The summed E-state index contributed by atoms with van der Waals surface area (Å²) in [5, 5.41) is 14.0. The highest BCUT2D eigenvalue weighted by molar-refractivity contribution is 6.31. The largest absolute Gasteiger partial charge is 0.481 e. The number of carboxylic acid groups (broad SMARTS) is 1. The lowest BCUT2D eigenvalue weighted by molar-refractivity contribution is -0.138. The number of likely N-dealkylation sites (tertiary alicyclic amines) is 1. The van der Waals surface area contributed by atoms with Gasteiger partial charge in [0, 0.05) is 26.6 Å². The number of carboxylic acids is 1. The van der Waals surface area contributed by atoms with Crippen LogP contribution in [0.5, 0.6) is 0 Å². The molecule has 0 saturated carbocycles. The molecule has 118 valence electrons. The zero-order chi connectivity index (χ0) is 15.6. The van der Waals surface area contributed by atoms with Gasteiger partial charge >= 0.3 is 5.97 Å². The summed E-state index contributed by atoms with van der Waals surface area (Å²) in [6, 6.07) is 0. The molecule has 21 heavy (non-hydrogen) atoms. The second-order valence-corrected chi connectivity index (χ2v) is 6.56. The van der Waals surface area contributed by atoms with E-state index in [-0.39, 0.29) is 12.3 Å². The topological polar surface area (TPSA) is 58.4 Å². The van der Waals surface area contributed by atoms with Gasteiger partial charge in [-0.05, 0) is 38.1 Å². The van der Waals surface area contributed by atoms with Crippen LogP contribution in [0.25, 0.3) is 0 Å². The molecule has 2 unspecified atom stereocenters. The van der Waals surface area contributed by atoms with E-state index in [0.717, 1.165) is 48.9 Å². The van der Waals surface area contributed by atoms with Crippen molar-refractivity contribution in [2.45, 2.75) is 39.7 Å². The van der Waals surface area contributed by atoms with Gasteiger partial charge < -0.3 is 5.11 Å². The molecular weight excluding hydrogens is 290 g/mol. The molecule has 1 aromatic rings. The third-order valence-corrected chi connectivity index (χ3v) is 4.97. The van der Waals surface area contributed by atoms with Crippen molar-refractivity contribution in [1.29, 1.82) is 0 Å². The summed E-state index contributed by atoms with van der Waals surface area (Å²) >= 11 is 6.31. The van der Waals surface area contributed by atoms with E-state index in [0.29, 0.717) is 5.92 Å². The molecule has 1 aromatic heterocycles. The van der Waals surface area contributed by atoms with Gasteiger partial charge in [-0.25, -0.2) is 0 Å². The van der Waals surface area contributed by atoms with Crippen molar-refractivity contribution in [3.8, 4) is 0 Å². The molecule has 0 bridgehead atoms. The lowest BCUT2D eigenvalue weighted by Gasteiger charge is -2.35. The number of aryl methyl sites for hydroxylation is 2. The Labute approximate surface area is 130 Å². The lowest BCUT2D eigenvalue weighted by Crippen LogP contribution is -2.38. The van der Waals surface area contributed by atoms with Crippen LogP contribution in [0.1, 0.15) is 37.6 Å². The van der Waals surface area contributed by atoms with Crippen molar-refractivity contribution < 1.29 is 9.90 Å². The average Bonchev–Trinajstić information content (AvgIpc) is 2.65. The quantitative estimate of drug-likeness (QED) is 0.908.